The maximum absolute atomic E-state index is 11.9. The molecular weight excluding hydrogens is 242 g/mol. The number of imidazole rings is 1. The number of ether oxygens (including phenoxy) is 1. The molecule has 1 saturated heterocycles. The van der Waals surface area contributed by atoms with E-state index in [1.807, 2.05) is 0 Å². The van der Waals surface area contributed by atoms with E-state index in [1.165, 1.54) is 0 Å². The monoisotopic (exact) mass is 253 g/mol. The maximum Gasteiger partial charge on any atom is 0.328 e. The van der Waals surface area contributed by atoms with E-state index in [9.17, 15) is 4.79 Å². The van der Waals surface area contributed by atoms with Gasteiger partial charge in [0.15, 0.2) is 0 Å². The molecule has 1 aliphatic rings. The zero-order valence-corrected chi connectivity index (χ0v) is 10.4. The van der Waals surface area contributed by atoms with E-state index in [-0.39, 0.29) is 11.6 Å². The van der Waals surface area contributed by atoms with Crippen molar-refractivity contribution in [2.45, 2.75) is 5.92 Å². The molecule has 3 rings (SSSR count). The molecule has 6 heteroatoms. The van der Waals surface area contributed by atoms with Crippen molar-refractivity contribution in [2.75, 3.05) is 13.2 Å². The summed E-state index contributed by atoms with van der Waals surface area (Å²) < 4.78 is 8.38. The van der Waals surface area contributed by atoms with Crippen molar-refractivity contribution in [1.82, 2.24) is 14.1 Å². The summed E-state index contributed by atoms with van der Waals surface area (Å²) in [7, 11) is 3.49. The Balaban J connectivity index is 2.40. The lowest BCUT2D eigenvalue weighted by Crippen LogP contribution is -2.27. The molecular formula is C11H12ClN3O2. The van der Waals surface area contributed by atoms with Crippen LogP contribution in [0.5, 0.6) is 0 Å². The molecule has 3 heterocycles. The number of pyridine rings is 1. The molecule has 0 aromatic carbocycles. The third-order valence-electron chi connectivity index (χ3n) is 3.26. The van der Waals surface area contributed by atoms with Crippen molar-refractivity contribution >= 4 is 22.6 Å². The van der Waals surface area contributed by atoms with E-state index in [1.54, 1.807) is 29.3 Å². The van der Waals surface area contributed by atoms with Crippen LogP contribution in [0.4, 0.5) is 0 Å². The van der Waals surface area contributed by atoms with Crippen molar-refractivity contribution in [3.8, 4) is 0 Å². The number of fused-ring (bicyclic) bond motifs is 1. The molecule has 0 atom stereocenters. The molecule has 2 aromatic heterocycles. The van der Waals surface area contributed by atoms with Crippen LogP contribution < -0.4 is 5.69 Å². The van der Waals surface area contributed by atoms with Crippen LogP contribution in [-0.4, -0.2) is 27.3 Å². The Morgan fingerprint density at radius 1 is 1.41 bits per heavy atom. The van der Waals surface area contributed by atoms with E-state index in [0.29, 0.717) is 18.4 Å². The fourth-order valence-corrected chi connectivity index (χ4v) is 2.41. The molecule has 5 nitrogen and oxygen atoms in total. The Morgan fingerprint density at radius 2 is 2.12 bits per heavy atom. The summed E-state index contributed by atoms with van der Waals surface area (Å²) in [5, 5.41) is 0.417. The quantitative estimate of drug-likeness (QED) is 0.714. The molecule has 0 radical (unpaired) electrons. The van der Waals surface area contributed by atoms with Crippen LogP contribution in [0.1, 0.15) is 11.6 Å². The zero-order chi connectivity index (χ0) is 12.2. The number of halogens is 1. The Hall–Kier alpha value is -1.33. The third-order valence-corrected chi connectivity index (χ3v) is 3.46. The smallest absolute Gasteiger partial charge is 0.328 e. The van der Waals surface area contributed by atoms with Crippen LogP contribution in [0, 0.1) is 0 Å². The highest BCUT2D eigenvalue weighted by molar-refractivity contribution is 6.30. The van der Waals surface area contributed by atoms with Crippen LogP contribution in [0.15, 0.2) is 10.9 Å². The first-order valence-corrected chi connectivity index (χ1v) is 5.77. The van der Waals surface area contributed by atoms with Gasteiger partial charge in [-0.2, -0.15) is 0 Å². The summed E-state index contributed by atoms with van der Waals surface area (Å²) in [5.74, 6) is 0.240. The highest BCUT2D eigenvalue weighted by Crippen LogP contribution is 2.29. The highest BCUT2D eigenvalue weighted by atomic mass is 35.5. The van der Waals surface area contributed by atoms with Crippen LogP contribution in [0.2, 0.25) is 5.15 Å². The van der Waals surface area contributed by atoms with Gasteiger partial charge in [-0.05, 0) is 0 Å². The highest BCUT2D eigenvalue weighted by Gasteiger charge is 2.27. The molecule has 0 bridgehead atoms. The van der Waals surface area contributed by atoms with E-state index in [2.05, 4.69) is 4.98 Å². The number of hydrogen-bond acceptors (Lipinski definition) is 3. The number of nitrogens with zero attached hydrogens (tertiary/aromatic N) is 3. The average molecular weight is 254 g/mol. The third kappa shape index (κ3) is 1.42. The molecule has 0 saturated carbocycles. The first-order valence-electron chi connectivity index (χ1n) is 5.39. The molecule has 1 aliphatic heterocycles. The first-order chi connectivity index (χ1) is 8.09. The van der Waals surface area contributed by atoms with Gasteiger partial charge in [-0.1, -0.05) is 11.6 Å². The molecule has 90 valence electrons. The Morgan fingerprint density at radius 3 is 2.71 bits per heavy atom. The van der Waals surface area contributed by atoms with Crippen LogP contribution in [0.3, 0.4) is 0 Å². The molecule has 0 N–H and O–H groups in total. The normalized spacial score (nSPS) is 16.4. The lowest BCUT2D eigenvalue weighted by atomic mass is 10.0. The molecule has 1 fully saturated rings. The lowest BCUT2D eigenvalue weighted by Gasteiger charge is -2.26. The summed E-state index contributed by atoms with van der Waals surface area (Å²) in [6.07, 6.45) is 0. The summed E-state index contributed by atoms with van der Waals surface area (Å²) in [6, 6.07) is 1.72. The number of rotatable bonds is 1. The van der Waals surface area contributed by atoms with Crippen molar-refractivity contribution in [2.24, 2.45) is 14.1 Å². The summed E-state index contributed by atoms with van der Waals surface area (Å²) in [6.45, 7) is 1.29. The Kier molecular flexibility index (Phi) is 2.27. The van der Waals surface area contributed by atoms with Gasteiger partial charge < -0.3 is 4.74 Å². The Labute approximate surface area is 103 Å². The second-order valence-corrected chi connectivity index (χ2v) is 4.72. The van der Waals surface area contributed by atoms with E-state index >= 15 is 0 Å². The minimum atomic E-state index is -0.0643. The largest absolute Gasteiger partial charge is 0.380 e. The average Bonchev–Trinajstić information content (AvgIpc) is 2.41. The minimum absolute atomic E-state index is 0.0643. The van der Waals surface area contributed by atoms with Gasteiger partial charge in [0.2, 0.25) is 0 Å². The van der Waals surface area contributed by atoms with E-state index in [0.717, 1.165) is 16.7 Å². The summed E-state index contributed by atoms with van der Waals surface area (Å²) >= 11 is 6.01. The van der Waals surface area contributed by atoms with Gasteiger partial charge in [0.05, 0.1) is 35.9 Å². The minimum Gasteiger partial charge on any atom is -0.380 e. The van der Waals surface area contributed by atoms with Gasteiger partial charge in [0.25, 0.3) is 0 Å². The molecule has 17 heavy (non-hydrogen) atoms. The predicted octanol–water partition coefficient (Wildman–Crippen LogP) is 1.04. The first kappa shape index (κ1) is 10.8. The van der Waals surface area contributed by atoms with Gasteiger partial charge in [-0.25, -0.2) is 9.78 Å². The van der Waals surface area contributed by atoms with Gasteiger partial charge in [0, 0.05) is 20.2 Å². The number of aromatic nitrogens is 3. The number of aryl methyl sites for hydroxylation is 2. The van der Waals surface area contributed by atoms with Gasteiger partial charge in [0.1, 0.15) is 5.15 Å². The summed E-state index contributed by atoms with van der Waals surface area (Å²) in [5.41, 5.74) is 2.47. The van der Waals surface area contributed by atoms with Crippen molar-refractivity contribution < 1.29 is 4.74 Å². The molecule has 0 unspecified atom stereocenters. The van der Waals surface area contributed by atoms with Gasteiger partial charge in [-0.3, -0.25) is 9.13 Å². The second kappa shape index (κ2) is 3.58. The fraction of sp³-hybridized carbons (Fsp3) is 0.455. The van der Waals surface area contributed by atoms with E-state index < -0.39 is 0 Å². The molecule has 2 aromatic rings. The van der Waals surface area contributed by atoms with Crippen LogP contribution >= 0.6 is 11.6 Å². The van der Waals surface area contributed by atoms with Crippen molar-refractivity contribution in [3.63, 3.8) is 0 Å². The summed E-state index contributed by atoms with van der Waals surface area (Å²) in [4.78, 5) is 16.3. The second-order valence-electron chi connectivity index (χ2n) is 4.33. The topological polar surface area (TPSA) is 49.0 Å². The number of hydrogen-bond donors (Lipinski definition) is 0. The predicted molar refractivity (Wildman–Crippen MR) is 64.5 cm³/mol. The van der Waals surface area contributed by atoms with Crippen LogP contribution in [0.25, 0.3) is 11.0 Å². The SMILES string of the molecule is Cn1c(=O)n(C)c2c(C3COC3)nc(Cl)cc21. The van der Waals surface area contributed by atoms with Gasteiger partial charge >= 0.3 is 5.69 Å². The van der Waals surface area contributed by atoms with Crippen molar-refractivity contribution in [3.05, 3.63) is 27.4 Å². The van der Waals surface area contributed by atoms with Gasteiger partial charge in [-0.15, -0.1) is 0 Å². The molecule has 0 spiro atoms. The Bertz CT molecular complexity index is 655. The fourth-order valence-electron chi connectivity index (χ4n) is 2.21. The molecule has 0 aliphatic carbocycles. The molecule has 0 amide bonds. The van der Waals surface area contributed by atoms with Crippen LogP contribution in [-0.2, 0) is 18.8 Å². The zero-order valence-electron chi connectivity index (χ0n) is 9.61. The van der Waals surface area contributed by atoms with E-state index in [4.69, 9.17) is 16.3 Å². The standard InChI is InChI=1S/C11H12ClN3O2/c1-14-7-3-8(12)13-9(6-4-17-5-6)10(7)15(2)11(14)16/h3,6H,4-5H2,1-2H3. The maximum atomic E-state index is 11.9. The lowest BCUT2D eigenvalue weighted by molar-refractivity contribution is 0.00723. The van der Waals surface area contributed by atoms with Crippen molar-refractivity contribution in [1.29, 1.82) is 0 Å².